The van der Waals surface area contributed by atoms with Gasteiger partial charge >= 0.3 is 17.9 Å². The van der Waals surface area contributed by atoms with Crippen molar-refractivity contribution in [2.45, 2.75) is 304 Å². The fourth-order valence-electron chi connectivity index (χ4n) is 8.17. The Morgan fingerprint density at radius 3 is 0.817 bits per heavy atom. The van der Waals surface area contributed by atoms with Crippen LogP contribution in [0.3, 0.4) is 0 Å². The number of esters is 3. The lowest BCUT2D eigenvalue weighted by Crippen LogP contribution is -2.30. The first kappa shape index (κ1) is 58.4. The van der Waals surface area contributed by atoms with Gasteiger partial charge in [0.15, 0.2) is 6.10 Å². The van der Waals surface area contributed by atoms with Crippen LogP contribution in [0.15, 0.2) is 0 Å². The third-order valence-electron chi connectivity index (χ3n) is 12.2. The monoisotopic (exact) mass is 849 g/mol. The molecule has 0 bridgehead atoms. The first-order valence-corrected chi connectivity index (χ1v) is 26.7. The summed E-state index contributed by atoms with van der Waals surface area (Å²) < 4.78 is 16.8. The molecule has 356 valence electrons. The molecule has 0 saturated heterocycles. The van der Waals surface area contributed by atoms with E-state index in [1.54, 1.807) is 0 Å². The summed E-state index contributed by atoms with van der Waals surface area (Å²) >= 11 is 0. The van der Waals surface area contributed by atoms with Crippen LogP contribution in [0, 0.1) is 11.8 Å². The fraction of sp³-hybridized carbons (Fsp3) is 0.944. The minimum Gasteiger partial charge on any atom is -0.462 e. The molecule has 0 aliphatic carbocycles. The van der Waals surface area contributed by atoms with Crippen molar-refractivity contribution >= 4 is 17.9 Å². The van der Waals surface area contributed by atoms with Gasteiger partial charge in [-0.25, -0.2) is 0 Å². The molecule has 0 unspecified atom stereocenters. The van der Waals surface area contributed by atoms with E-state index in [1.165, 1.54) is 186 Å². The number of carbonyl (C=O) groups is 3. The van der Waals surface area contributed by atoms with Gasteiger partial charge in [0.05, 0.1) is 0 Å². The Balaban J connectivity index is 4.28. The molecule has 0 aromatic heterocycles. The highest BCUT2D eigenvalue weighted by molar-refractivity contribution is 5.71. The largest absolute Gasteiger partial charge is 0.462 e. The van der Waals surface area contributed by atoms with Crippen LogP contribution in [0.5, 0.6) is 0 Å². The first-order valence-electron chi connectivity index (χ1n) is 26.7. The van der Waals surface area contributed by atoms with E-state index in [2.05, 4.69) is 34.6 Å². The highest BCUT2D eigenvalue weighted by Crippen LogP contribution is 2.18. The third-order valence-corrected chi connectivity index (χ3v) is 12.2. The molecule has 0 radical (unpaired) electrons. The standard InChI is InChI=1S/C54H104O6/c1-6-7-8-9-10-11-12-16-20-23-29-34-39-44-52(55)58-47-51(48-59-53(56)45-40-35-30-26-25-28-33-38-43-50(4)5)60-54(57)46-41-36-31-24-21-18-15-13-14-17-19-22-27-32-37-42-49(2)3/h49-51H,6-48H2,1-5H3/t51-/m0/s1. The van der Waals surface area contributed by atoms with Crippen molar-refractivity contribution in [3.05, 3.63) is 0 Å². The first-order chi connectivity index (χ1) is 29.2. The van der Waals surface area contributed by atoms with Crippen LogP contribution in [0.25, 0.3) is 0 Å². The number of hydrogen-bond donors (Lipinski definition) is 0. The van der Waals surface area contributed by atoms with Crippen molar-refractivity contribution in [3.8, 4) is 0 Å². The van der Waals surface area contributed by atoms with Gasteiger partial charge in [0.2, 0.25) is 0 Å². The van der Waals surface area contributed by atoms with E-state index in [0.29, 0.717) is 19.3 Å². The summed E-state index contributed by atoms with van der Waals surface area (Å²) in [7, 11) is 0. The molecule has 0 heterocycles. The van der Waals surface area contributed by atoms with Gasteiger partial charge in [-0.3, -0.25) is 14.4 Å². The molecular formula is C54H104O6. The molecule has 60 heavy (non-hydrogen) atoms. The summed E-state index contributed by atoms with van der Waals surface area (Å²) in [5, 5.41) is 0. The fourth-order valence-corrected chi connectivity index (χ4v) is 8.17. The minimum atomic E-state index is -0.762. The number of unbranched alkanes of at least 4 members (excludes halogenated alkanes) is 33. The second-order valence-corrected chi connectivity index (χ2v) is 19.5. The average molecular weight is 849 g/mol. The normalized spacial score (nSPS) is 12.1. The van der Waals surface area contributed by atoms with E-state index in [-0.39, 0.29) is 31.1 Å². The van der Waals surface area contributed by atoms with E-state index >= 15 is 0 Å². The van der Waals surface area contributed by atoms with Gasteiger partial charge < -0.3 is 14.2 Å². The smallest absolute Gasteiger partial charge is 0.306 e. The van der Waals surface area contributed by atoms with Crippen LogP contribution in [-0.4, -0.2) is 37.2 Å². The van der Waals surface area contributed by atoms with Gasteiger partial charge in [-0.1, -0.05) is 259 Å². The SMILES string of the molecule is CCCCCCCCCCCCCCCC(=O)OC[C@@H](COC(=O)CCCCCCCCCCC(C)C)OC(=O)CCCCCCCCCCCCCCCCCC(C)C. The van der Waals surface area contributed by atoms with E-state index in [4.69, 9.17) is 14.2 Å². The molecule has 6 heteroatoms. The van der Waals surface area contributed by atoms with E-state index in [9.17, 15) is 14.4 Å². The summed E-state index contributed by atoms with van der Waals surface area (Å²) in [5.41, 5.74) is 0. The summed E-state index contributed by atoms with van der Waals surface area (Å²) in [6, 6.07) is 0. The lowest BCUT2D eigenvalue weighted by atomic mass is 10.0. The predicted octanol–water partition coefficient (Wildman–Crippen LogP) is 17.3. The molecule has 1 atom stereocenters. The van der Waals surface area contributed by atoms with Crippen molar-refractivity contribution in [2.24, 2.45) is 11.8 Å². The van der Waals surface area contributed by atoms with Crippen LogP contribution in [-0.2, 0) is 28.6 Å². The Hall–Kier alpha value is -1.59. The molecule has 0 amide bonds. The number of ether oxygens (including phenoxy) is 3. The van der Waals surface area contributed by atoms with Gasteiger partial charge in [-0.2, -0.15) is 0 Å². The summed E-state index contributed by atoms with van der Waals surface area (Å²) in [5.74, 6) is 0.797. The maximum Gasteiger partial charge on any atom is 0.306 e. The molecule has 0 fully saturated rings. The average Bonchev–Trinajstić information content (AvgIpc) is 3.22. The Morgan fingerprint density at radius 1 is 0.317 bits per heavy atom. The lowest BCUT2D eigenvalue weighted by molar-refractivity contribution is -0.167. The lowest BCUT2D eigenvalue weighted by Gasteiger charge is -2.18. The molecule has 0 aliphatic rings. The van der Waals surface area contributed by atoms with Crippen LogP contribution in [0.4, 0.5) is 0 Å². The Morgan fingerprint density at radius 2 is 0.550 bits per heavy atom. The van der Waals surface area contributed by atoms with Crippen LogP contribution in [0.1, 0.15) is 298 Å². The second kappa shape index (κ2) is 46.9. The van der Waals surface area contributed by atoms with E-state index in [0.717, 1.165) is 69.6 Å². The van der Waals surface area contributed by atoms with Gasteiger partial charge in [0, 0.05) is 19.3 Å². The molecule has 0 aromatic rings. The van der Waals surface area contributed by atoms with Crippen molar-refractivity contribution < 1.29 is 28.6 Å². The van der Waals surface area contributed by atoms with Gasteiger partial charge in [0.25, 0.3) is 0 Å². The topological polar surface area (TPSA) is 78.9 Å². The molecule has 0 saturated carbocycles. The van der Waals surface area contributed by atoms with Gasteiger partial charge in [0.1, 0.15) is 13.2 Å². The zero-order valence-electron chi connectivity index (χ0n) is 41.1. The number of rotatable bonds is 48. The van der Waals surface area contributed by atoms with Crippen LogP contribution in [0.2, 0.25) is 0 Å². The van der Waals surface area contributed by atoms with Crippen LogP contribution >= 0.6 is 0 Å². The van der Waals surface area contributed by atoms with E-state index in [1.807, 2.05) is 0 Å². The molecule has 0 N–H and O–H groups in total. The highest BCUT2D eigenvalue weighted by atomic mass is 16.6. The molecule has 6 nitrogen and oxygen atoms in total. The zero-order chi connectivity index (χ0) is 44.0. The van der Waals surface area contributed by atoms with Crippen molar-refractivity contribution in [1.29, 1.82) is 0 Å². The summed E-state index contributed by atoms with van der Waals surface area (Å²) in [6.07, 6.45) is 48.1. The highest BCUT2D eigenvalue weighted by Gasteiger charge is 2.19. The maximum atomic E-state index is 12.8. The van der Waals surface area contributed by atoms with Crippen molar-refractivity contribution in [1.82, 2.24) is 0 Å². The second-order valence-electron chi connectivity index (χ2n) is 19.5. The molecular weight excluding hydrogens is 745 g/mol. The van der Waals surface area contributed by atoms with Gasteiger partial charge in [-0.15, -0.1) is 0 Å². The van der Waals surface area contributed by atoms with E-state index < -0.39 is 6.10 Å². The maximum absolute atomic E-state index is 12.8. The summed E-state index contributed by atoms with van der Waals surface area (Å²) in [4.78, 5) is 38.0. The van der Waals surface area contributed by atoms with Crippen molar-refractivity contribution in [3.63, 3.8) is 0 Å². The number of hydrogen-bond acceptors (Lipinski definition) is 6. The zero-order valence-corrected chi connectivity index (χ0v) is 41.1. The Labute approximate surface area is 374 Å². The predicted molar refractivity (Wildman–Crippen MR) is 256 cm³/mol. The molecule has 0 rings (SSSR count). The molecule has 0 spiro atoms. The Bertz CT molecular complexity index is 916. The Kier molecular flexibility index (Phi) is 45.7. The summed E-state index contributed by atoms with van der Waals surface area (Å²) in [6.45, 7) is 11.4. The molecule has 0 aromatic carbocycles. The minimum absolute atomic E-state index is 0.0636. The van der Waals surface area contributed by atoms with Gasteiger partial charge in [-0.05, 0) is 31.1 Å². The number of carbonyl (C=O) groups excluding carboxylic acids is 3. The quantitative estimate of drug-likeness (QED) is 0.0345. The van der Waals surface area contributed by atoms with Crippen molar-refractivity contribution in [2.75, 3.05) is 13.2 Å². The van der Waals surface area contributed by atoms with Crippen LogP contribution < -0.4 is 0 Å². The molecule has 0 aliphatic heterocycles. The third kappa shape index (κ3) is 47.5.